The van der Waals surface area contributed by atoms with Crippen molar-refractivity contribution in [1.82, 2.24) is 5.32 Å². The molecule has 3 N–H and O–H groups in total. The van der Waals surface area contributed by atoms with Crippen LogP contribution in [0.15, 0.2) is 16.8 Å². The van der Waals surface area contributed by atoms with Gasteiger partial charge in [0.1, 0.15) is 0 Å². The second-order valence-electron chi connectivity index (χ2n) is 3.53. The molecule has 3 nitrogen and oxygen atoms in total. The normalized spacial score (nSPS) is 15.0. The summed E-state index contributed by atoms with van der Waals surface area (Å²) in [6.45, 7) is 3.84. The third-order valence-electron chi connectivity index (χ3n) is 2.08. The minimum atomic E-state index is -0.304. The van der Waals surface area contributed by atoms with Gasteiger partial charge in [-0.25, -0.2) is 0 Å². The third kappa shape index (κ3) is 3.47. The summed E-state index contributed by atoms with van der Waals surface area (Å²) in [6.07, 6.45) is 0.932. The molecule has 0 spiro atoms. The maximum Gasteiger partial charge on any atom is 0.234 e. The molecule has 2 unspecified atom stereocenters. The number of nitrogens with one attached hydrogen (secondary N) is 1. The number of nitrogens with two attached hydrogens (primary N) is 1. The number of hydrogen-bond acceptors (Lipinski definition) is 3. The molecule has 2 atom stereocenters. The van der Waals surface area contributed by atoms with Gasteiger partial charge in [-0.15, -0.1) is 0 Å². The lowest BCUT2D eigenvalue weighted by Crippen LogP contribution is -2.44. The number of rotatable bonds is 5. The lowest BCUT2D eigenvalue weighted by Gasteiger charge is -2.16. The number of thiophene rings is 1. The lowest BCUT2D eigenvalue weighted by atomic mass is 10.1. The van der Waals surface area contributed by atoms with Crippen LogP contribution in [0.3, 0.4) is 0 Å². The molecule has 1 aromatic rings. The van der Waals surface area contributed by atoms with Crippen LogP contribution in [0.25, 0.3) is 0 Å². The molecule has 1 aromatic heterocycles. The first-order valence-electron chi connectivity index (χ1n) is 4.66. The number of primary amides is 1. The predicted octanol–water partition coefficient (Wildman–Crippen LogP) is 1.14. The highest BCUT2D eigenvalue weighted by molar-refractivity contribution is 7.07. The highest BCUT2D eigenvalue weighted by Crippen LogP contribution is 2.08. The highest BCUT2D eigenvalue weighted by Gasteiger charge is 2.12. The number of carbonyl (C=O) groups excluding carboxylic acids is 1. The summed E-state index contributed by atoms with van der Waals surface area (Å²) in [4.78, 5) is 10.8. The number of amides is 1. The molecule has 0 aliphatic rings. The van der Waals surface area contributed by atoms with Crippen molar-refractivity contribution in [2.45, 2.75) is 32.4 Å². The van der Waals surface area contributed by atoms with Crippen LogP contribution in [-0.4, -0.2) is 18.0 Å². The topological polar surface area (TPSA) is 55.1 Å². The molecule has 14 heavy (non-hydrogen) atoms. The molecule has 0 aliphatic carbocycles. The first kappa shape index (κ1) is 11.2. The van der Waals surface area contributed by atoms with Crippen LogP contribution in [0.2, 0.25) is 0 Å². The van der Waals surface area contributed by atoms with Crippen molar-refractivity contribution in [1.29, 1.82) is 0 Å². The summed E-state index contributed by atoms with van der Waals surface area (Å²) < 4.78 is 0. The van der Waals surface area contributed by atoms with Crippen molar-refractivity contribution in [3.05, 3.63) is 22.4 Å². The SMILES string of the molecule is CC(Cc1ccsc1)NC(C)C(N)=O. The minimum Gasteiger partial charge on any atom is -0.368 e. The quantitative estimate of drug-likeness (QED) is 0.769. The number of carbonyl (C=O) groups is 1. The standard InChI is InChI=1S/C10H16N2OS/c1-7(12-8(2)10(11)13)5-9-3-4-14-6-9/h3-4,6-8,12H,5H2,1-2H3,(H2,11,13). The number of hydrogen-bond donors (Lipinski definition) is 2. The fourth-order valence-corrected chi connectivity index (χ4v) is 2.01. The van der Waals surface area contributed by atoms with Crippen molar-refractivity contribution in [2.75, 3.05) is 0 Å². The second-order valence-corrected chi connectivity index (χ2v) is 4.31. The van der Waals surface area contributed by atoms with E-state index in [1.165, 1.54) is 5.56 Å². The van der Waals surface area contributed by atoms with Crippen molar-refractivity contribution >= 4 is 17.2 Å². The van der Waals surface area contributed by atoms with Gasteiger partial charge >= 0.3 is 0 Å². The summed E-state index contributed by atoms with van der Waals surface area (Å²) in [6, 6.07) is 2.10. The third-order valence-corrected chi connectivity index (χ3v) is 2.82. The van der Waals surface area contributed by atoms with Crippen LogP contribution in [0.4, 0.5) is 0 Å². The van der Waals surface area contributed by atoms with E-state index in [4.69, 9.17) is 5.73 Å². The second kappa shape index (κ2) is 5.12. The van der Waals surface area contributed by atoms with Gasteiger partial charge in [-0.1, -0.05) is 0 Å². The molecule has 0 bridgehead atoms. The van der Waals surface area contributed by atoms with Crippen LogP contribution in [0.5, 0.6) is 0 Å². The van der Waals surface area contributed by atoms with Crippen LogP contribution in [-0.2, 0) is 11.2 Å². The molecule has 0 radical (unpaired) electrons. The molecule has 4 heteroatoms. The van der Waals surface area contributed by atoms with E-state index in [9.17, 15) is 4.79 Å². The lowest BCUT2D eigenvalue weighted by molar-refractivity contribution is -0.119. The van der Waals surface area contributed by atoms with E-state index in [0.29, 0.717) is 0 Å². The van der Waals surface area contributed by atoms with E-state index in [1.54, 1.807) is 18.3 Å². The van der Waals surface area contributed by atoms with Gasteiger partial charge in [-0.2, -0.15) is 11.3 Å². The molecule has 0 saturated carbocycles. The van der Waals surface area contributed by atoms with E-state index in [2.05, 4.69) is 29.1 Å². The molecular formula is C10H16N2OS. The molecule has 1 amide bonds. The average Bonchev–Trinajstić information content (AvgIpc) is 2.56. The van der Waals surface area contributed by atoms with E-state index in [1.807, 2.05) is 0 Å². The summed E-state index contributed by atoms with van der Waals surface area (Å²) in [5.41, 5.74) is 6.46. The zero-order valence-electron chi connectivity index (χ0n) is 8.49. The van der Waals surface area contributed by atoms with Gasteiger partial charge in [0, 0.05) is 6.04 Å². The van der Waals surface area contributed by atoms with Gasteiger partial charge in [0.15, 0.2) is 0 Å². The Hall–Kier alpha value is -0.870. The van der Waals surface area contributed by atoms with E-state index in [0.717, 1.165) is 6.42 Å². The Labute approximate surface area is 88.3 Å². The molecule has 0 aliphatic heterocycles. The first-order valence-corrected chi connectivity index (χ1v) is 5.60. The molecule has 0 saturated heterocycles. The highest BCUT2D eigenvalue weighted by atomic mass is 32.1. The van der Waals surface area contributed by atoms with Gasteiger partial charge < -0.3 is 11.1 Å². The van der Waals surface area contributed by atoms with Crippen molar-refractivity contribution in [2.24, 2.45) is 5.73 Å². The largest absolute Gasteiger partial charge is 0.368 e. The van der Waals surface area contributed by atoms with Gasteiger partial charge in [0.05, 0.1) is 6.04 Å². The molecule has 1 heterocycles. The van der Waals surface area contributed by atoms with Gasteiger partial charge in [0.25, 0.3) is 0 Å². The summed E-state index contributed by atoms with van der Waals surface area (Å²) in [7, 11) is 0. The van der Waals surface area contributed by atoms with E-state index in [-0.39, 0.29) is 18.0 Å². The van der Waals surface area contributed by atoms with Crippen LogP contribution in [0.1, 0.15) is 19.4 Å². The monoisotopic (exact) mass is 212 g/mol. The summed E-state index contributed by atoms with van der Waals surface area (Å²) in [5.74, 6) is -0.304. The maximum absolute atomic E-state index is 10.8. The van der Waals surface area contributed by atoms with E-state index < -0.39 is 0 Å². The molecule has 78 valence electrons. The van der Waals surface area contributed by atoms with Gasteiger partial charge in [-0.3, -0.25) is 4.79 Å². The zero-order valence-corrected chi connectivity index (χ0v) is 9.30. The van der Waals surface area contributed by atoms with Crippen molar-refractivity contribution in [3.63, 3.8) is 0 Å². The predicted molar refractivity (Wildman–Crippen MR) is 59.3 cm³/mol. The Morgan fingerprint density at radius 3 is 2.86 bits per heavy atom. The molecular weight excluding hydrogens is 196 g/mol. The van der Waals surface area contributed by atoms with Gasteiger partial charge in [-0.05, 0) is 42.7 Å². The van der Waals surface area contributed by atoms with Crippen LogP contribution in [0, 0.1) is 0 Å². The average molecular weight is 212 g/mol. The Morgan fingerprint density at radius 1 is 1.64 bits per heavy atom. The van der Waals surface area contributed by atoms with E-state index >= 15 is 0 Å². The molecule has 1 rings (SSSR count). The fourth-order valence-electron chi connectivity index (χ4n) is 1.33. The molecule has 0 aromatic carbocycles. The zero-order chi connectivity index (χ0) is 10.6. The Kier molecular flexibility index (Phi) is 4.10. The fraction of sp³-hybridized carbons (Fsp3) is 0.500. The first-order chi connectivity index (χ1) is 6.59. The maximum atomic E-state index is 10.8. The minimum absolute atomic E-state index is 0.261. The Morgan fingerprint density at radius 2 is 2.36 bits per heavy atom. The van der Waals surface area contributed by atoms with Crippen molar-refractivity contribution < 1.29 is 4.79 Å². The van der Waals surface area contributed by atoms with Crippen molar-refractivity contribution in [3.8, 4) is 0 Å². The molecule has 0 fully saturated rings. The Balaban J connectivity index is 2.36. The Bertz CT molecular complexity index is 284. The van der Waals surface area contributed by atoms with Crippen LogP contribution >= 0.6 is 11.3 Å². The smallest absolute Gasteiger partial charge is 0.234 e. The van der Waals surface area contributed by atoms with Gasteiger partial charge in [0.2, 0.25) is 5.91 Å². The summed E-state index contributed by atoms with van der Waals surface area (Å²) >= 11 is 1.69. The van der Waals surface area contributed by atoms with Crippen LogP contribution < -0.4 is 11.1 Å². The summed E-state index contributed by atoms with van der Waals surface area (Å²) in [5, 5.41) is 7.32.